The molecule has 1 unspecified atom stereocenters. The van der Waals surface area contributed by atoms with Gasteiger partial charge in [0.25, 0.3) is 0 Å². The van der Waals surface area contributed by atoms with E-state index >= 15 is 0 Å². The Morgan fingerprint density at radius 3 is 2.96 bits per heavy atom. The quantitative estimate of drug-likeness (QED) is 0.879. The molecule has 1 aliphatic heterocycles. The number of halogens is 1. The number of amides is 2. The number of ether oxygens (including phenoxy) is 1. The smallest absolute Gasteiger partial charge is 0.407 e. The van der Waals surface area contributed by atoms with Gasteiger partial charge >= 0.3 is 6.09 Å². The second kappa shape index (κ2) is 5.90. The van der Waals surface area contributed by atoms with Crippen molar-refractivity contribution in [2.24, 2.45) is 11.8 Å². The minimum absolute atomic E-state index is 0.199. The standard InChI is InChI=1S/C17H13ClN4O3/c18-13-3-9(14-7-21-17(24)25-14)1-8-4-15(20-6-12(8)13)22-16(23)11-2-10(11)5-19/h1,3-4,6,10-11,14H,2,7H2,(H,21,24)(H,20,22,23)/t10-,11+,14?/m1/s1. The molecule has 1 aliphatic carbocycles. The highest BCUT2D eigenvalue weighted by Gasteiger charge is 2.43. The van der Waals surface area contributed by atoms with E-state index in [9.17, 15) is 9.59 Å². The van der Waals surface area contributed by atoms with Gasteiger partial charge in [0.15, 0.2) is 0 Å². The number of hydrogen-bond donors (Lipinski definition) is 2. The Kier molecular flexibility index (Phi) is 3.70. The van der Waals surface area contributed by atoms with Gasteiger partial charge in [-0.2, -0.15) is 5.26 Å². The van der Waals surface area contributed by atoms with Crippen LogP contribution < -0.4 is 10.6 Å². The van der Waals surface area contributed by atoms with Crippen LogP contribution in [0.3, 0.4) is 0 Å². The summed E-state index contributed by atoms with van der Waals surface area (Å²) in [5.74, 6) is -0.266. The van der Waals surface area contributed by atoms with Crippen LogP contribution in [0.4, 0.5) is 10.6 Å². The lowest BCUT2D eigenvalue weighted by atomic mass is 10.0. The number of alkyl carbamates (subject to hydrolysis) is 1. The van der Waals surface area contributed by atoms with Gasteiger partial charge in [-0.15, -0.1) is 0 Å². The number of carbonyl (C=O) groups excluding carboxylic acids is 2. The van der Waals surface area contributed by atoms with Crippen LogP contribution in [0.1, 0.15) is 18.1 Å². The van der Waals surface area contributed by atoms with Crippen molar-refractivity contribution >= 4 is 40.2 Å². The summed E-state index contributed by atoms with van der Waals surface area (Å²) in [6, 6.07) is 7.41. The Labute approximate surface area is 147 Å². The zero-order valence-electron chi connectivity index (χ0n) is 13.0. The molecule has 0 radical (unpaired) electrons. The van der Waals surface area contributed by atoms with E-state index in [1.807, 2.05) is 6.07 Å². The normalized spacial score (nSPS) is 24.3. The van der Waals surface area contributed by atoms with Gasteiger partial charge in [0.05, 0.1) is 29.5 Å². The molecule has 7 nitrogen and oxygen atoms in total. The molecular formula is C17H13ClN4O3. The Balaban J connectivity index is 1.61. The molecule has 2 N–H and O–H groups in total. The molecule has 4 rings (SSSR count). The van der Waals surface area contributed by atoms with Gasteiger partial charge in [0.2, 0.25) is 5.91 Å². The summed E-state index contributed by atoms with van der Waals surface area (Å²) in [5.41, 5.74) is 0.770. The summed E-state index contributed by atoms with van der Waals surface area (Å²) in [6.07, 6.45) is 1.32. The maximum absolute atomic E-state index is 12.1. The molecule has 2 fully saturated rings. The number of pyridine rings is 1. The molecule has 8 heteroatoms. The predicted octanol–water partition coefficient (Wildman–Crippen LogP) is 2.77. The highest BCUT2D eigenvalue weighted by molar-refractivity contribution is 6.35. The number of cyclic esters (lactones) is 1. The van der Waals surface area contributed by atoms with Gasteiger partial charge < -0.3 is 15.4 Å². The van der Waals surface area contributed by atoms with Crippen molar-refractivity contribution in [3.05, 3.63) is 35.0 Å². The number of carbonyl (C=O) groups is 2. The van der Waals surface area contributed by atoms with E-state index in [1.165, 1.54) is 0 Å². The topological polar surface area (TPSA) is 104 Å². The number of fused-ring (bicyclic) bond motifs is 1. The molecule has 1 saturated heterocycles. The van der Waals surface area contributed by atoms with Crippen molar-refractivity contribution in [3.8, 4) is 6.07 Å². The van der Waals surface area contributed by atoms with E-state index in [0.717, 1.165) is 16.3 Å². The Bertz CT molecular complexity index is 939. The molecule has 0 bridgehead atoms. The fraction of sp³-hybridized carbons (Fsp3) is 0.294. The molecule has 2 heterocycles. The highest BCUT2D eigenvalue weighted by atomic mass is 35.5. The molecule has 3 atom stereocenters. The summed E-state index contributed by atoms with van der Waals surface area (Å²) in [4.78, 5) is 27.5. The lowest BCUT2D eigenvalue weighted by molar-refractivity contribution is -0.117. The minimum atomic E-state index is -0.458. The van der Waals surface area contributed by atoms with E-state index in [2.05, 4.69) is 21.7 Å². The van der Waals surface area contributed by atoms with E-state index in [1.54, 1.807) is 18.3 Å². The minimum Gasteiger partial charge on any atom is -0.439 e. The maximum Gasteiger partial charge on any atom is 0.407 e. The van der Waals surface area contributed by atoms with E-state index in [0.29, 0.717) is 23.8 Å². The van der Waals surface area contributed by atoms with Crippen LogP contribution >= 0.6 is 11.6 Å². The zero-order valence-corrected chi connectivity index (χ0v) is 13.7. The zero-order chi connectivity index (χ0) is 17.6. The number of nitriles is 1. The second-order valence-corrected chi connectivity index (χ2v) is 6.54. The van der Waals surface area contributed by atoms with Crippen molar-refractivity contribution in [1.82, 2.24) is 10.3 Å². The van der Waals surface area contributed by atoms with Crippen LogP contribution in [0.2, 0.25) is 5.02 Å². The summed E-state index contributed by atoms with van der Waals surface area (Å²) in [7, 11) is 0. The van der Waals surface area contributed by atoms with Gasteiger partial charge in [-0.05, 0) is 35.6 Å². The third-order valence-corrected chi connectivity index (χ3v) is 4.72. The lowest BCUT2D eigenvalue weighted by Gasteiger charge is -2.11. The summed E-state index contributed by atoms with van der Waals surface area (Å²) >= 11 is 6.31. The number of anilines is 1. The van der Waals surface area contributed by atoms with Gasteiger partial charge in [0.1, 0.15) is 11.9 Å². The first-order valence-corrected chi connectivity index (χ1v) is 8.17. The fourth-order valence-corrected chi connectivity index (χ4v) is 3.19. The largest absolute Gasteiger partial charge is 0.439 e. The number of aromatic nitrogens is 1. The Morgan fingerprint density at radius 1 is 1.44 bits per heavy atom. The molecule has 25 heavy (non-hydrogen) atoms. The molecule has 2 aliphatic rings. The fourth-order valence-electron chi connectivity index (χ4n) is 2.91. The molecule has 0 spiro atoms. The van der Waals surface area contributed by atoms with Crippen LogP contribution in [0.25, 0.3) is 10.8 Å². The summed E-state index contributed by atoms with van der Waals surface area (Å²) in [5, 5.41) is 16.2. The number of rotatable bonds is 3. The first kappa shape index (κ1) is 15.7. The molecular weight excluding hydrogens is 344 g/mol. The monoisotopic (exact) mass is 356 g/mol. The van der Waals surface area contributed by atoms with Crippen molar-refractivity contribution in [1.29, 1.82) is 5.26 Å². The van der Waals surface area contributed by atoms with Gasteiger partial charge in [-0.3, -0.25) is 4.79 Å². The average molecular weight is 357 g/mol. The van der Waals surface area contributed by atoms with E-state index in [4.69, 9.17) is 21.6 Å². The summed E-state index contributed by atoms with van der Waals surface area (Å²) < 4.78 is 5.19. The SMILES string of the molecule is N#C[C@H]1C[C@@H]1C(=O)Nc1cc2cc(C3CNC(=O)O3)cc(Cl)c2cn1. The molecule has 1 saturated carbocycles. The van der Waals surface area contributed by atoms with Gasteiger partial charge in [0, 0.05) is 11.6 Å². The first-order chi connectivity index (χ1) is 12.0. The molecule has 2 amide bonds. The van der Waals surface area contributed by atoms with E-state index in [-0.39, 0.29) is 17.7 Å². The maximum atomic E-state index is 12.1. The first-order valence-electron chi connectivity index (χ1n) is 7.79. The number of benzene rings is 1. The van der Waals surface area contributed by atoms with Crippen LogP contribution in [0, 0.1) is 23.2 Å². The third kappa shape index (κ3) is 2.96. The van der Waals surface area contributed by atoms with E-state index < -0.39 is 12.2 Å². The Morgan fingerprint density at radius 2 is 2.28 bits per heavy atom. The van der Waals surface area contributed by atoms with Crippen LogP contribution in [-0.4, -0.2) is 23.5 Å². The predicted molar refractivity (Wildman–Crippen MR) is 89.8 cm³/mol. The van der Waals surface area contributed by atoms with Gasteiger partial charge in [-0.25, -0.2) is 9.78 Å². The van der Waals surface area contributed by atoms with Crippen molar-refractivity contribution in [2.75, 3.05) is 11.9 Å². The van der Waals surface area contributed by atoms with Crippen LogP contribution in [-0.2, 0) is 9.53 Å². The Hall–Kier alpha value is -2.85. The molecule has 126 valence electrons. The third-order valence-electron chi connectivity index (χ3n) is 4.41. The number of nitrogens with one attached hydrogen (secondary N) is 2. The van der Waals surface area contributed by atoms with Crippen LogP contribution in [0.15, 0.2) is 24.4 Å². The van der Waals surface area contributed by atoms with Crippen molar-refractivity contribution < 1.29 is 14.3 Å². The van der Waals surface area contributed by atoms with Crippen molar-refractivity contribution in [2.45, 2.75) is 12.5 Å². The average Bonchev–Trinajstić information content (AvgIpc) is 3.27. The number of hydrogen-bond acceptors (Lipinski definition) is 5. The number of nitrogens with zero attached hydrogens (tertiary/aromatic N) is 2. The van der Waals surface area contributed by atoms with Gasteiger partial charge in [-0.1, -0.05) is 11.6 Å². The highest BCUT2D eigenvalue weighted by Crippen LogP contribution is 2.38. The molecule has 1 aromatic carbocycles. The van der Waals surface area contributed by atoms with Crippen molar-refractivity contribution in [3.63, 3.8) is 0 Å². The molecule has 2 aromatic rings. The molecule has 1 aromatic heterocycles. The lowest BCUT2D eigenvalue weighted by Crippen LogP contribution is -2.15. The second-order valence-electron chi connectivity index (χ2n) is 6.14. The summed E-state index contributed by atoms with van der Waals surface area (Å²) in [6.45, 7) is 0.382. The van der Waals surface area contributed by atoms with Crippen LogP contribution in [0.5, 0.6) is 0 Å².